The van der Waals surface area contributed by atoms with Crippen LogP contribution in [0.3, 0.4) is 0 Å². The first-order valence-electron chi connectivity index (χ1n) is 8.98. The van der Waals surface area contributed by atoms with Crippen molar-refractivity contribution in [3.63, 3.8) is 0 Å². The predicted octanol–water partition coefficient (Wildman–Crippen LogP) is 3.00. The van der Waals surface area contributed by atoms with E-state index in [4.69, 9.17) is 0 Å². The van der Waals surface area contributed by atoms with Crippen molar-refractivity contribution in [3.8, 4) is 0 Å². The third-order valence-electron chi connectivity index (χ3n) is 4.68. The van der Waals surface area contributed by atoms with Crippen LogP contribution >= 0.6 is 12.4 Å². The summed E-state index contributed by atoms with van der Waals surface area (Å²) in [4.78, 5) is 12.5. The van der Waals surface area contributed by atoms with Gasteiger partial charge in [-0.05, 0) is 44.0 Å². The van der Waals surface area contributed by atoms with Gasteiger partial charge < -0.3 is 4.90 Å². The van der Waals surface area contributed by atoms with E-state index in [1.807, 2.05) is 30.3 Å². The molecule has 152 valence electrons. The van der Waals surface area contributed by atoms with Gasteiger partial charge in [0.2, 0.25) is 10.0 Å². The summed E-state index contributed by atoms with van der Waals surface area (Å²) >= 11 is 0. The first-order valence-corrected chi connectivity index (χ1v) is 10.5. The molecular formula is C19H24ClN3O4S. The van der Waals surface area contributed by atoms with Crippen molar-refractivity contribution >= 4 is 28.1 Å². The Labute approximate surface area is 171 Å². The molecular weight excluding hydrogens is 402 g/mol. The van der Waals surface area contributed by atoms with Crippen LogP contribution in [0.5, 0.6) is 0 Å². The van der Waals surface area contributed by atoms with Crippen molar-refractivity contribution < 1.29 is 13.3 Å². The highest BCUT2D eigenvalue weighted by atomic mass is 35.5. The van der Waals surface area contributed by atoms with Gasteiger partial charge in [-0.25, -0.2) is 13.1 Å². The summed E-state index contributed by atoms with van der Waals surface area (Å²) in [5, 5.41) is 11.2. The Morgan fingerprint density at radius 2 is 1.64 bits per heavy atom. The number of nitrogens with one attached hydrogen (secondary N) is 1. The summed E-state index contributed by atoms with van der Waals surface area (Å²) in [6.45, 7) is 2.46. The number of nitro benzene ring substituents is 1. The van der Waals surface area contributed by atoms with Gasteiger partial charge in [0.25, 0.3) is 5.69 Å². The fraction of sp³-hybridized carbons (Fsp3) is 0.368. The van der Waals surface area contributed by atoms with Crippen LogP contribution in [0.1, 0.15) is 18.4 Å². The van der Waals surface area contributed by atoms with E-state index in [-0.39, 0.29) is 23.3 Å². The number of sulfonamides is 1. The van der Waals surface area contributed by atoms with E-state index in [2.05, 4.69) is 9.62 Å². The van der Waals surface area contributed by atoms with E-state index < -0.39 is 20.6 Å². The number of hydrogen-bond donors (Lipinski definition) is 1. The first-order chi connectivity index (χ1) is 13.0. The second kappa shape index (κ2) is 9.97. The summed E-state index contributed by atoms with van der Waals surface area (Å²) in [7, 11) is -4.02. The summed E-state index contributed by atoms with van der Waals surface area (Å²) in [6.07, 6.45) is 2.74. The maximum Gasteiger partial charge on any atom is 0.289 e. The van der Waals surface area contributed by atoms with E-state index in [0.29, 0.717) is 13.0 Å². The molecule has 1 heterocycles. The Hall–Kier alpha value is -2.00. The van der Waals surface area contributed by atoms with Gasteiger partial charge in [-0.3, -0.25) is 10.1 Å². The zero-order valence-corrected chi connectivity index (χ0v) is 17.0. The number of rotatable bonds is 8. The summed E-state index contributed by atoms with van der Waals surface area (Å²) < 4.78 is 28.5. The van der Waals surface area contributed by atoms with Crippen molar-refractivity contribution in [2.24, 2.45) is 0 Å². The van der Waals surface area contributed by atoms with E-state index in [1.165, 1.54) is 24.3 Å². The van der Waals surface area contributed by atoms with E-state index in [0.717, 1.165) is 31.5 Å². The molecule has 0 aromatic heterocycles. The van der Waals surface area contributed by atoms with Crippen molar-refractivity contribution in [3.05, 3.63) is 70.3 Å². The van der Waals surface area contributed by atoms with Crippen LogP contribution in [0, 0.1) is 10.1 Å². The molecule has 0 spiro atoms. The maximum absolute atomic E-state index is 12.9. The highest BCUT2D eigenvalue weighted by Gasteiger charge is 2.29. The minimum absolute atomic E-state index is 0. The second-order valence-corrected chi connectivity index (χ2v) is 8.42. The Morgan fingerprint density at radius 3 is 2.29 bits per heavy atom. The first kappa shape index (κ1) is 22.3. The Bertz CT molecular complexity index is 887. The number of nitro groups is 1. The standard InChI is InChI=1S/C19H23N3O4S.ClH/c23-22(24)18-10-4-5-11-19(18)27(25,26)20-17(15-21-12-6-7-13-21)14-16-8-2-1-3-9-16;/h1-5,8-11,17,20H,6-7,12-15H2;1H. The summed E-state index contributed by atoms with van der Waals surface area (Å²) in [5.74, 6) is 0. The molecule has 3 rings (SSSR count). The second-order valence-electron chi connectivity index (χ2n) is 6.74. The minimum Gasteiger partial charge on any atom is -0.302 e. The smallest absolute Gasteiger partial charge is 0.289 e. The monoisotopic (exact) mass is 425 g/mol. The third-order valence-corrected chi connectivity index (χ3v) is 6.24. The Morgan fingerprint density at radius 1 is 1.04 bits per heavy atom. The zero-order chi connectivity index (χ0) is 19.3. The van der Waals surface area contributed by atoms with Crippen LogP contribution in [0.2, 0.25) is 0 Å². The predicted molar refractivity (Wildman–Crippen MR) is 110 cm³/mol. The van der Waals surface area contributed by atoms with Crippen molar-refractivity contribution in [1.82, 2.24) is 9.62 Å². The van der Waals surface area contributed by atoms with Crippen LogP contribution in [0.4, 0.5) is 5.69 Å². The number of hydrogen-bond acceptors (Lipinski definition) is 5. The molecule has 0 radical (unpaired) electrons. The number of likely N-dealkylation sites (tertiary alicyclic amines) is 1. The zero-order valence-electron chi connectivity index (χ0n) is 15.4. The van der Waals surface area contributed by atoms with E-state index in [1.54, 1.807) is 0 Å². The molecule has 1 aliphatic heterocycles. The lowest BCUT2D eigenvalue weighted by Gasteiger charge is -2.24. The van der Waals surface area contributed by atoms with Gasteiger partial charge in [0.15, 0.2) is 4.90 Å². The van der Waals surface area contributed by atoms with Crippen LogP contribution < -0.4 is 4.72 Å². The van der Waals surface area contributed by atoms with Gasteiger partial charge in [-0.1, -0.05) is 42.5 Å². The number of para-hydroxylation sites is 1. The van der Waals surface area contributed by atoms with Crippen molar-refractivity contribution in [1.29, 1.82) is 0 Å². The molecule has 0 amide bonds. The molecule has 28 heavy (non-hydrogen) atoms. The molecule has 2 aromatic rings. The highest BCUT2D eigenvalue weighted by Crippen LogP contribution is 2.23. The molecule has 0 saturated carbocycles. The molecule has 1 unspecified atom stereocenters. The average Bonchev–Trinajstić information content (AvgIpc) is 3.15. The molecule has 1 aliphatic rings. The Kier molecular flexibility index (Phi) is 7.94. The Balaban J connectivity index is 0.00000280. The molecule has 1 N–H and O–H groups in total. The van der Waals surface area contributed by atoms with Gasteiger partial charge >= 0.3 is 0 Å². The van der Waals surface area contributed by atoms with Gasteiger partial charge in [0.1, 0.15) is 0 Å². The van der Waals surface area contributed by atoms with Crippen LogP contribution in [0.15, 0.2) is 59.5 Å². The average molecular weight is 426 g/mol. The van der Waals surface area contributed by atoms with E-state index >= 15 is 0 Å². The fourth-order valence-electron chi connectivity index (χ4n) is 3.44. The fourth-order valence-corrected chi connectivity index (χ4v) is 4.84. The number of halogens is 1. The molecule has 0 bridgehead atoms. The largest absolute Gasteiger partial charge is 0.302 e. The molecule has 7 nitrogen and oxygen atoms in total. The highest BCUT2D eigenvalue weighted by molar-refractivity contribution is 7.89. The van der Waals surface area contributed by atoms with Crippen molar-refractivity contribution in [2.45, 2.75) is 30.2 Å². The molecule has 1 fully saturated rings. The van der Waals surface area contributed by atoms with Crippen molar-refractivity contribution in [2.75, 3.05) is 19.6 Å². The van der Waals surface area contributed by atoms with Gasteiger partial charge in [0, 0.05) is 18.7 Å². The van der Waals surface area contributed by atoms with Gasteiger partial charge in [-0.2, -0.15) is 0 Å². The quantitative estimate of drug-likeness (QED) is 0.518. The van der Waals surface area contributed by atoms with Gasteiger partial charge in [0.05, 0.1) is 4.92 Å². The molecule has 2 aromatic carbocycles. The normalized spacial score (nSPS) is 15.7. The lowest BCUT2D eigenvalue weighted by atomic mass is 10.1. The summed E-state index contributed by atoms with van der Waals surface area (Å²) in [6, 6.07) is 14.7. The van der Waals surface area contributed by atoms with Crippen LogP contribution in [-0.2, 0) is 16.4 Å². The molecule has 0 aliphatic carbocycles. The third kappa shape index (κ3) is 5.75. The summed E-state index contributed by atoms with van der Waals surface area (Å²) in [5.41, 5.74) is 0.608. The molecule has 1 saturated heterocycles. The lowest BCUT2D eigenvalue weighted by Crippen LogP contribution is -2.44. The molecule has 9 heteroatoms. The van der Waals surface area contributed by atoms with Crippen LogP contribution in [0.25, 0.3) is 0 Å². The van der Waals surface area contributed by atoms with Gasteiger partial charge in [-0.15, -0.1) is 12.4 Å². The SMILES string of the molecule is Cl.O=[N+]([O-])c1ccccc1S(=O)(=O)NC(Cc1ccccc1)CN1CCCC1. The molecule has 1 atom stereocenters. The van der Waals surface area contributed by atoms with E-state index in [9.17, 15) is 18.5 Å². The number of nitrogens with zero attached hydrogens (tertiary/aromatic N) is 2. The number of benzene rings is 2. The minimum atomic E-state index is -4.02. The maximum atomic E-state index is 12.9. The lowest BCUT2D eigenvalue weighted by molar-refractivity contribution is -0.387. The topological polar surface area (TPSA) is 92.5 Å². The van der Waals surface area contributed by atoms with Crippen LogP contribution in [-0.4, -0.2) is 43.9 Å².